The van der Waals surface area contributed by atoms with Crippen molar-refractivity contribution >= 4 is 11.4 Å². The fraction of sp³-hybridized carbons (Fsp3) is 0.235. The minimum absolute atomic E-state index is 0.717. The summed E-state index contributed by atoms with van der Waals surface area (Å²) in [6.07, 6.45) is 0. The first-order valence-corrected chi connectivity index (χ1v) is 6.50. The van der Waals surface area contributed by atoms with Crippen molar-refractivity contribution in [3.8, 4) is 6.07 Å². The van der Waals surface area contributed by atoms with Crippen molar-refractivity contribution in [2.24, 2.45) is 0 Å². The van der Waals surface area contributed by atoms with Crippen molar-refractivity contribution in [1.29, 1.82) is 5.26 Å². The fourth-order valence-electron chi connectivity index (χ4n) is 2.25. The maximum absolute atomic E-state index is 9.28. The molecule has 0 bridgehead atoms. The molecule has 0 saturated carbocycles. The van der Waals surface area contributed by atoms with Crippen molar-refractivity contribution in [3.63, 3.8) is 0 Å². The topological polar surface area (TPSA) is 27.0 Å². The van der Waals surface area contributed by atoms with Crippen LogP contribution < -0.4 is 4.90 Å². The lowest BCUT2D eigenvalue weighted by atomic mass is 10.1. The van der Waals surface area contributed by atoms with E-state index in [0.717, 1.165) is 17.9 Å². The Morgan fingerprint density at radius 2 is 1.79 bits per heavy atom. The molecule has 0 aliphatic heterocycles. The molecule has 0 aliphatic rings. The Kier molecular flexibility index (Phi) is 3.87. The Morgan fingerprint density at radius 3 is 2.42 bits per heavy atom. The third-order valence-corrected chi connectivity index (χ3v) is 3.19. The van der Waals surface area contributed by atoms with Gasteiger partial charge in [-0.15, -0.1) is 0 Å². The molecule has 0 radical (unpaired) electrons. The van der Waals surface area contributed by atoms with Crippen LogP contribution in [0.1, 0.15) is 23.6 Å². The lowest BCUT2D eigenvalue weighted by Gasteiger charge is -2.25. The second kappa shape index (κ2) is 5.58. The average Bonchev–Trinajstić information content (AvgIpc) is 2.40. The molecule has 0 spiro atoms. The summed E-state index contributed by atoms with van der Waals surface area (Å²) in [5, 5.41) is 9.28. The second-order valence-corrected chi connectivity index (χ2v) is 4.72. The van der Waals surface area contributed by atoms with Gasteiger partial charge in [0, 0.05) is 12.2 Å². The highest BCUT2D eigenvalue weighted by atomic mass is 15.1. The smallest absolute Gasteiger partial charge is 0.101 e. The molecule has 2 heteroatoms. The molecule has 19 heavy (non-hydrogen) atoms. The van der Waals surface area contributed by atoms with Crippen molar-refractivity contribution in [2.75, 3.05) is 11.4 Å². The highest BCUT2D eigenvalue weighted by Crippen LogP contribution is 2.29. The normalized spacial score (nSPS) is 10.0. The van der Waals surface area contributed by atoms with E-state index in [1.54, 1.807) is 0 Å². The maximum Gasteiger partial charge on any atom is 0.101 e. The van der Waals surface area contributed by atoms with Crippen LogP contribution in [0.5, 0.6) is 0 Å². The van der Waals surface area contributed by atoms with Crippen LogP contribution in [0.15, 0.2) is 42.5 Å². The summed E-state index contributed by atoms with van der Waals surface area (Å²) < 4.78 is 0. The van der Waals surface area contributed by atoms with Crippen LogP contribution in [-0.2, 0) is 0 Å². The summed E-state index contributed by atoms with van der Waals surface area (Å²) in [6, 6.07) is 16.6. The lowest BCUT2D eigenvalue weighted by molar-refractivity contribution is 1.02. The largest absolute Gasteiger partial charge is 0.341 e. The van der Waals surface area contributed by atoms with Gasteiger partial charge >= 0.3 is 0 Å². The Hall–Kier alpha value is -2.27. The third-order valence-electron chi connectivity index (χ3n) is 3.19. The fourth-order valence-corrected chi connectivity index (χ4v) is 2.25. The highest BCUT2D eigenvalue weighted by molar-refractivity contribution is 5.70. The molecule has 2 aromatic carbocycles. The van der Waals surface area contributed by atoms with Gasteiger partial charge in [0.1, 0.15) is 6.07 Å². The van der Waals surface area contributed by atoms with Crippen molar-refractivity contribution in [3.05, 3.63) is 59.2 Å². The van der Waals surface area contributed by atoms with Gasteiger partial charge in [-0.25, -0.2) is 0 Å². The minimum atomic E-state index is 0.717. The Morgan fingerprint density at radius 1 is 1.05 bits per heavy atom. The van der Waals surface area contributed by atoms with E-state index in [1.807, 2.05) is 12.1 Å². The van der Waals surface area contributed by atoms with Gasteiger partial charge in [0.25, 0.3) is 0 Å². The van der Waals surface area contributed by atoms with Crippen LogP contribution in [0.3, 0.4) is 0 Å². The van der Waals surface area contributed by atoms with Crippen molar-refractivity contribution in [1.82, 2.24) is 0 Å². The molecule has 0 N–H and O–H groups in total. The van der Waals surface area contributed by atoms with Gasteiger partial charge in [-0.05, 0) is 56.2 Å². The number of aryl methyl sites for hydroxylation is 2. The predicted molar refractivity (Wildman–Crippen MR) is 79.8 cm³/mol. The van der Waals surface area contributed by atoms with E-state index < -0.39 is 0 Å². The average molecular weight is 250 g/mol. The lowest BCUT2D eigenvalue weighted by Crippen LogP contribution is -2.17. The molecular weight excluding hydrogens is 232 g/mol. The monoisotopic (exact) mass is 250 g/mol. The molecule has 0 amide bonds. The number of benzene rings is 2. The van der Waals surface area contributed by atoms with Crippen LogP contribution in [0.25, 0.3) is 0 Å². The first-order valence-electron chi connectivity index (χ1n) is 6.50. The molecule has 0 aromatic heterocycles. The SMILES string of the molecule is CCN(c1cccc(C)c1)c1cc(C)ccc1C#N. The number of anilines is 2. The molecule has 2 rings (SSSR count). The number of hydrogen-bond donors (Lipinski definition) is 0. The summed E-state index contributed by atoms with van der Waals surface area (Å²) in [6.45, 7) is 7.07. The zero-order valence-corrected chi connectivity index (χ0v) is 11.6. The quantitative estimate of drug-likeness (QED) is 0.810. The maximum atomic E-state index is 9.28. The molecule has 0 heterocycles. The number of nitriles is 1. The predicted octanol–water partition coefficient (Wildman–Crippen LogP) is 4.33. The standard InChI is InChI=1S/C17H18N2/c1-4-19(16-7-5-6-13(2)10-16)17-11-14(3)8-9-15(17)12-18/h5-11H,4H2,1-3H3. The number of rotatable bonds is 3. The van der Waals surface area contributed by atoms with Gasteiger partial charge in [0.15, 0.2) is 0 Å². The molecular formula is C17H18N2. The van der Waals surface area contributed by atoms with E-state index in [4.69, 9.17) is 0 Å². The second-order valence-electron chi connectivity index (χ2n) is 4.72. The summed E-state index contributed by atoms with van der Waals surface area (Å²) >= 11 is 0. The van der Waals surface area contributed by atoms with E-state index in [-0.39, 0.29) is 0 Å². The van der Waals surface area contributed by atoms with Gasteiger partial charge in [-0.1, -0.05) is 18.2 Å². The molecule has 0 saturated heterocycles. The summed E-state index contributed by atoms with van der Waals surface area (Å²) in [5.41, 5.74) is 5.22. The number of hydrogen-bond acceptors (Lipinski definition) is 2. The van der Waals surface area contributed by atoms with Crippen LogP contribution >= 0.6 is 0 Å². The Labute approximate surface area is 114 Å². The molecule has 0 atom stereocenters. The molecule has 0 unspecified atom stereocenters. The van der Waals surface area contributed by atoms with Gasteiger partial charge in [0.2, 0.25) is 0 Å². The van der Waals surface area contributed by atoms with Gasteiger partial charge in [-0.2, -0.15) is 5.26 Å². The van der Waals surface area contributed by atoms with E-state index in [1.165, 1.54) is 11.1 Å². The van der Waals surface area contributed by atoms with Crippen molar-refractivity contribution in [2.45, 2.75) is 20.8 Å². The first kappa shape index (κ1) is 13.2. The van der Waals surface area contributed by atoms with E-state index in [2.05, 4.69) is 62.1 Å². The van der Waals surface area contributed by atoms with Crippen LogP contribution in [-0.4, -0.2) is 6.54 Å². The van der Waals surface area contributed by atoms with Crippen LogP contribution in [0, 0.1) is 25.2 Å². The van der Waals surface area contributed by atoms with E-state index in [9.17, 15) is 5.26 Å². The Balaban J connectivity index is 2.54. The third kappa shape index (κ3) is 2.77. The Bertz CT molecular complexity index is 623. The molecule has 2 aromatic rings. The molecule has 2 nitrogen and oxygen atoms in total. The molecule has 96 valence electrons. The van der Waals surface area contributed by atoms with Gasteiger partial charge in [0.05, 0.1) is 11.3 Å². The van der Waals surface area contributed by atoms with Gasteiger partial charge < -0.3 is 4.90 Å². The highest BCUT2D eigenvalue weighted by Gasteiger charge is 2.12. The zero-order chi connectivity index (χ0) is 13.8. The van der Waals surface area contributed by atoms with Crippen molar-refractivity contribution < 1.29 is 0 Å². The first-order chi connectivity index (χ1) is 9.15. The molecule has 0 aliphatic carbocycles. The number of nitrogens with zero attached hydrogens (tertiary/aromatic N) is 2. The minimum Gasteiger partial charge on any atom is -0.341 e. The van der Waals surface area contributed by atoms with Gasteiger partial charge in [-0.3, -0.25) is 0 Å². The van der Waals surface area contributed by atoms with Crippen LogP contribution in [0.2, 0.25) is 0 Å². The van der Waals surface area contributed by atoms with E-state index >= 15 is 0 Å². The summed E-state index contributed by atoms with van der Waals surface area (Å²) in [5.74, 6) is 0. The summed E-state index contributed by atoms with van der Waals surface area (Å²) in [4.78, 5) is 2.18. The van der Waals surface area contributed by atoms with E-state index in [0.29, 0.717) is 5.56 Å². The summed E-state index contributed by atoms with van der Waals surface area (Å²) in [7, 11) is 0. The molecule has 0 fully saturated rings. The van der Waals surface area contributed by atoms with Crippen LogP contribution in [0.4, 0.5) is 11.4 Å². The zero-order valence-electron chi connectivity index (χ0n) is 11.6.